The van der Waals surface area contributed by atoms with E-state index in [-0.39, 0.29) is 69.2 Å². The van der Waals surface area contributed by atoms with Crippen molar-refractivity contribution in [3.63, 3.8) is 0 Å². The molecule has 2 heterocycles. The molecular formula is C63H74NNaO15SSi. The summed E-state index contributed by atoms with van der Waals surface area (Å²) in [5.74, 6) is 0.215. The number of hydrogen-bond donors (Lipinski definition) is 1. The molecule has 0 saturated carbocycles. The first kappa shape index (κ1) is 64.6. The predicted molar refractivity (Wildman–Crippen MR) is 306 cm³/mol. The molecule has 82 heavy (non-hydrogen) atoms. The van der Waals surface area contributed by atoms with Gasteiger partial charge in [-0.1, -0.05) is 191 Å². The summed E-state index contributed by atoms with van der Waals surface area (Å²) < 4.78 is 112. The van der Waals surface area contributed by atoms with Crippen LogP contribution in [0.4, 0.5) is 0 Å². The fourth-order valence-corrected chi connectivity index (χ4v) is 15.4. The summed E-state index contributed by atoms with van der Waals surface area (Å²) in [7, 11) is -7.19. The SMILES string of the molecule is C=CC(C)O[C@@H]1O[C@H](COCc2ccccc2)[C@@H](O[C@H]2O[C@H](CO[Si](c3ccccc3)(c3ccccc3)C(C)(C)C)[C@@H](OCc3ccc(OC)cc3)[C@H](OCc3ccccc3)[C@H]2NC(C)=O)[C@H](OCc2ccccc2)[C@H]1OS(=O)(=O)[O-].[Na+]. The molecule has 0 aliphatic carbocycles. The number of nitrogens with one attached hydrogen (secondary N) is 1. The van der Waals surface area contributed by atoms with E-state index in [1.54, 1.807) is 14.0 Å². The number of amides is 1. The minimum Gasteiger partial charge on any atom is -0.726 e. The van der Waals surface area contributed by atoms with Gasteiger partial charge in [0.1, 0.15) is 48.4 Å². The number of carbonyl (C=O) groups is 1. The van der Waals surface area contributed by atoms with Gasteiger partial charge >= 0.3 is 29.6 Å². The van der Waals surface area contributed by atoms with Gasteiger partial charge in [0.05, 0.1) is 52.9 Å². The summed E-state index contributed by atoms with van der Waals surface area (Å²) in [6.45, 7) is 13.4. The Bertz CT molecular complexity index is 2930. The summed E-state index contributed by atoms with van der Waals surface area (Å²) in [5.41, 5.74) is 3.22. The topological polar surface area (TPSA) is 188 Å². The molecule has 6 aromatic carbocycles. The fraction of sp³-hybridized carbons (Fsp3) is 0.381. The Morgan fingerprint density at radius 3 is 1.56 bits per heavy atom. The van der Waals surface area contributed by atoms with Crippen molar-refractivity contribution >= 4 is 35.0 Å². The van der Waals surface area contributed by atoms with Crippen LogP contribution in [0.25, 0.3) is 0 Å². The molecule has 2 aliphatic rings. The maximum atomic E-state index is 13.8. The van der Waals surface area contributed by atoms with Crippen LogP contribution in [-0.4, -0.2) is 115 Å². The normalized spacial score (nSPS) is 23.5. The van der Waals surface area contributed by atoms with Gasteiger partial charge in [0.25, 0.3) is 8.32 Å². The van der Waals surface area contributed by atoms with Crippen LogP contribution in [0.15, 0.2) is 189 Å². The molecule has 0 radical (unpaired) electrons. The van der Waals surface area contributed by atoms with Crippen LogP contribution in [0.5, 0.6) is 5.75 Å². The Morgan fingerprint density at radius 2 is 1.09 bits per heavy atom. The van der Waals surface area contributed by atoms with Gasteiger partial charge in [-0.05, 0) is 56.7 Å². The van der Waals surface area contributed by atoms with E-state index in [1.807, 2.05) is 152 Å². The first-order valence-corrected chi connectivity index (χ1v) is 30.4. The Hall–Kier alpha value is -4.94. The first-order chi connectivity index (χ1) is 39.0. The molecule has 11 atom stereocenters. The number of carbonyl (C=O) groups excluding carboxylic acids is 1. The quantitative estimate of drug-likeness (QED) is 0.0302. The predicted octanol–water partition coefficient (Wildman–Crippen LogP) is 5.32. The zero-order valence-corrected chi connectivity index (χ0v) is 51.5. The molecule has 6 aromatic rings. The Balaban J connectivity index is 0.00000968. The number of hydrogen-bond acceptors (Lipinski definition) is 15. The zero-order chi connectivity index (χ0) is 57.4. The summed E-state index contributed by atoms with van der Waals surface area (Å²) in [5, 5.41) is 4.68. The minimum absolute atomic E-state index is 0. The number of rotatable bonds is 27. The molecule has 432 valence electrons. The molecule has 0 bridgehead atoms. The van der Waals surface area contributed by atoms with Crippen molar-refractivity contribution in [3.05, 3.63) is 211 Å². The van der Waals surface area contributed by atoms with Crippen molar-refractivity contribution in [1.82, 2.24) is 5.32 Å². The number of benzene rings is 6. The van der Waals surface area contributed by atoms with Crippen LogP contribution in [-0.2, 0) is 88.1 Å². The third kappa shape index (κ3) is 17.3. The molecule has 2 saturated heterocycles. The van der Waals surface area contributed by atoms with E-state index in [1.165, 1.54) is 13.0 Å². The molecule has 2 aliphatic heterocycles. The molecule has 8 rings (SSSR count). The number of ether oxygens (including phenoxy) is 9. The van der Waals surface area contributed by atoms with E-state index in [9.17, 15) is 17.8 Å². The van der Waals surface area contributed by atoms with E-state index in [0.29, 0.717) is 11.3 Å². The zero-order valence-electron chi connectivity index (χ0n) is 47.7. The first-order valence-electron chi connectivity index (χ1n) is 27.1. The van der Waals surface area contributed by atoms with Crippen LogP contribution in [0.1, 0.15) is 56.9 Å². The largest absolute Gasteiger partial charge is 1.00 e. The van der Waals surface area contributed by atoms with Crippen molar-refractivity contribution in [2.75, 3.05) is 20.3 Å². The van der Waals surface area contributed by atoms with Crippen LogP contribution in [0, 0.1) is 0 Å². The number of methoxy groups -OCH3 is 1. The summed E-state index contributed by atoms with van der Waals surface area (Å²) in [6.07, 6.45) is -11.0. The van der Waals surface area contributed by atoms with Gasteiger partial charge in [-0.3, -0.25) is 8.98 Å². The van der Waals surface area contributed by atoms with E-state index in [4.69, 9.17) is 51.2 Å². The average Bonchev–Trinajstić information content (AvgIpc) is 3.67. The van der Waals surface area contributed by atoms with E-state index < -0.39 is 97.1 Å². The third-order valence-corrected chi connectivity index (χ3v) is 19.7. The van der Waals surface area contributed by atoms with Gasteiger partial charge in [-0.15, -0.1) is 6.58 Å². The smallest absolute Gasteiger partial charge is 0.726 e. The van der Waals surface area contributed by atoms with Gasteiger partial charge in [0.2, 0.25) is 16.3 Å². The van der Waals surface area contributed by atoms with Gasteiger partial charge in [-0.25, -0.2) is 8.42 Å². The molecule has 19 heteroatoms. The van der Waals surface area contributed by atoms with Gasteiger partial charge in [0.15, 0.2) is 18.7 Å². The molecule has 1 unspecified atom stereocenters. The van der Waals surface area contributed by atoms with Gasteiger partial charge in [0, 0.05) is 6.92 Å². The molecule has 1 N–H and O–H groups in total. The Labute approximate surface area is 506 Å². The summed E-state index contributed by atoms with van der Waals surface area (Å²) >= 11 is 0. The monoisotopic (exact) mass is 1170 g/mol. The summed E-state index contributed by atoms with van der Waals surface area (Å²) in [6, 6.07) is 55.0. The molecule has 2 fully saturated rings. The van der Waals surface area contributed by atoms with Gasteiger partial charge in [-0.2, -0.15) is 0 Å². The van der Waals surface area contributed by atoms with Gasteiger partial charge < -0.3 is 56.9 Å². The van der Waals surface area contributed by atoms with Crippen LogP contribution in [0.2, 0.25) is 5.04 Å². The molecule has 0 spiro atoms. The minimum atomic E-state index is -5.49. The standard InChI is InChI=1S/C63H75NO15SSi.Na/c1-8-44(2)75-62-60(79-80(66,67)68)59(73-40-48-28-18-11-19-29-48)57(53(77-62)42-70-38-46-24-14-9-15-25-46)78-61-55(64-45(3)65)58(72-39-47-26-16-10-17-27-47)56(71-41-49-34-36-50(69-7)37-35-49)54(76-61)43-74-81(63(4,5)6,51-30-20-12-21-31-51)52-32-22-13-23-33-52;/h8-37,44,53-62H,1,38-43H2,2-7H3,(H,64,65)(H,66,67,68);/q;+1/p-1/t44?,53-,54-,55-,56-,57-,58-,59+,60-,61-,62-;/m1./s1. The maximum absolute atomic E-state index is 13.8. The second kappa shape index (κ2) is 30.7. The second-order valence-electron chi connectivity index (χ2n) is 21.1. The van der Waals surface area contributed by atoms with Crippen molar-refractivity contribution in [1.29, 1.82) is 0 Å². The van der Waals surface area contributed by atoms with E-state index in [2.05, 4.69) is 56.9 Å². The van der Waals surface area contributed by atoms with Crippen LogP contribution < -0.4 is 50.0 Å². The molecular weight excluding hydrogens is 1090 g/mol. The molecule has 16 nitrogen and oxygen atoms in total. The maximum Gasteiger partial charge on any atom is 1.00 e. The fourth-order valence-electron chi connectivity index (χ4n) is 10.4. The van der Waals surface area contributed by atoms with Crippen molar-refractivity contribution < 1.29 is 98.6 Å². The van der Waals surface area contributed by atoms with Crippen molar-refractivity contribution in [3.8, 4) is 5.75 Å². The second-order valence-corrected chi connectivity index (χ2v) is 26.4. The molecule has 0 aromatic heterocycles. The van der Waals surface area contributed by atoms with Crippen molar-refractivity contribution in [2.45, 2.75) is 134 Å². The molecule has 1 amide bonds. The summed E-state index contributed by atoms with van der Waals surface area (Å²) in [4.78, 5) is 13.8. The Kier molecular flexibility index (Phi) is 24.2. The average molecular weight is 1170 g/mol. The van der Waals surface area contributed by atoms with E-state index >= 15 is 0 Å². The van der Waals surface area contributed by atoms with E-state index in [0.717, 1.165) is 27.1 Å². The van der Waals surface area contributed by atoms with Crippen molar-refractivity contribution in [2.24, 2.45) is 0 Å². The third-order valence-electron chi connectivity index (χ3n) is 14.3. The van der Waals surface area contributed by atoms with Crippen LogP contribution in [0.3, 0.4) is 0 Å². The Morgan fingerprint density at radius 1 is 0.634 bits per heavy atom. The van der Waals surface area contributed by atoms with Crippen LogP contribution >= 0.6 is 0 Å².